The van der Waals surface area contributed by atoms with Crippen LogP contribution in [0, 0.1) is 5.82 Å². The second-order valence-corrected chi connectivity index (χ2v) is 6.88. The predicted molar refractivity (Wildman–Crippen MR) is 101 cm³/mol. The number of nitrogens with zero attached hydrogens (tertiary/aromatic N) is 3. The Labute approximate surface area is 165 Å². The minimum Gasteiger partial charge on any atom is -0.497 e. The van der Waals surface area contributed by atoms with E-state index in [-0.39, 0.29) is 17.0 Å². The van der Waals surface area contributed by atoms with E-state index in [1.807, 2.05) is 24.3 Å². The first-order valence-electron chi connectivity index (χ1n) is 8.81. The lowest BCUT2D eigenvalue weighted by Gasteiger charge is -2.22. The summed E-state index contributed by atoms with van der Waals surface area (Å²) in [5.74, 6) is 0.760. The molecule has 28 heavy (non-hydrogen) atoms. The summed E-state index contributed by atoms with van der Waals surface area (Å²) in [5, 5.41) is 3.96. The zero-order valence-corrected chi connectivity index (χ0v) is 15.8. The number of aromatic nitrogens is 2. The van der Waals surface area contributed by atoms with Crippen molar-refractivity contribution in [3.8, 4) is 17.1 Å². The van der Waals surface area contributed by atoms with E-state index >= 15 is 0 Å². The van der Waals surface area contributed by atoms with E-state index in [4.69, 9.17) is 20.9 Å². The molecule has 144 valence electrons. The minimum atomic E-state index is -0.558. The Morgan fingerprint density at radius 3 is 2.79 bits per heavy atom. The second kappa shape index (κ2) is 7.59. The van der Waals surface area contributed by atoms with Crippen molar-refractivity contribution in [2.24, 2.45) is 0 Å². The number of carbonyl (C=O) groups is 1. The minimum absolute atomic E-state index is 0.0822. The van der Waals surface area contributed by atoms with Crippen molar-refractivity contribution in [2.75, 3.05) is 13.7 Å². The van der Waals surface area contributed by atoms with Crippen LogP contribution in [-0.4, -0.2) is 34.6 Å². The summed E-state index contributed by atoms with van der Waals surface area (Å²) in [4.78, 5) is 19.0. The first-order chi connectivity index (χ1) is 13.6. The maximum absolute atomic E-state index is 13.4. The lowest BCUT2D eigenvalue weighted by molar-refractivity contribution is 0.0710. The number of ether oxygens (including phenoxy) is 1. The van der Waals surface area contributed by atoms with Crippen molar-refractivity contribution >= 4 is 17.5 Å². The van der Waals surface area contributed by atoms with Crippen LogP contribution < -0.4 is 4.74 Å². The van der Waals surface area contributed by atoms with Gasteiger partial charge in [-0.3, -0.25) is 4.79 Å². The molecule has 8 heteroatoms. The molecule has 2 heterocycles. The average molecular weight is 402 g/mol. The monoisotopic (exact) mass is 401 g/mol. The van der Waals surface area contributed by atoms with Crippen LogP contribution in [0.1, 0.15) is 35.1 Å². The Hall–Kier alpha value is -2.93. The van der Waals surface area contributed by atoms with E-state index in [2.05, 4.69) is 10.1 Å². The van der Waals surface area contributed by atoms with Gasteiger partial charge in [0.05, 0.1) is 12.1 Å². The van der Waals surface area contributed by atoms with E-state index in [9.17, 15) is 9.18 Å². The number of amides is 1. The fourth-order valence-electron chi connectivity index (χ4n) is 3.29. The summed E-state index contributed by atoms with van der Waals surface area (Å²) in [6, 6.07) is 10.9. The molecule has 1 atom stereocenters. The molecule has 0 unspecified atom stereocenters. The average Bonchev–Trinajstić information content (AvgIpc) is 3.39. The molecule has 1 fully saturated rings. The molecule has 6 nitrogen and oxygen atoms in total. The molecule has 0 aliphatic carbocycles. The van der Waals surface area contributed by atoms with Crippen molar-refractivity contribution in [3.05, 3.63) is 64.8 Å². The third-order valence-electron chi connectivity index (χ3n) is 4.76. The van der Waals surface area contributed by atoms with Gasteiger partial charge in [0, 0.05) is 17.7 Å². The Morgan fingerprint density at radius 1 is 1.29 bits per heavy atom. The summed E-state index contributed by atoms with van der Waals surface area (Å²) in [5.41, 5.74) is 1.12. The smallest absolute Gasteiger partial charge is 0.254 e. The zero-order valence-electron chi connectivity index (χ0n) is 15.1. The SMILES string of the molecule is COc1ccc(-c2noc([C@H]3CCCN3C(=O)c3ccc(F)c(Cl)c3)n2)cc1. The van der Waals surface area contributed by atoms with Crippen LogP contribution in [0.15, 0.2) is 47.0 Å². The van der Waals surface area contributed by atoms with Crippen LogP contribution in [0.25, 0.3) is 11.4 Å². The van der Waals surface area contributed by atoms with Crippen molar-refractivity contribution in [1.29, 1.82) is 0 Å². The van der Waals surface area contributed by atoms with E-state index in [0.717, 1.165) is 17.7 Å². The fraction of sp³-hybridized carbons (Fsp3) is 0.250. The normalized spacial score (nSPS) is 16.4. The Balaban J connectivity index is 1.57. The van der Waals surface area contributed by atoms with Gasteiger partial charge in [0.2, 0.25) is 11.7 Å². The molecule has 0 bridgehead atoms. The van der Waals surface area contributed by atoms with Crippen molar-refractivity contribution in [1.82, 2.24) is 15.0 Å². The van der Waals surface area contributed by atoms with Crippen molar-refractivity contribution in [3.63, 3.8) is 0 Å². The standard InChI is InChI=1S/C20H17ClFN3O3/c1-27-14-7-4-12(5-8-14)18-23-19(28-24-18)17-3-2-10-25(17)20(26)13-6-9-16(22)15(21)11-13/h4-9,11,17H,2-3,10H2,1H3/t17-/m1/s1. The summed E-state index contributed by atoms with van der Waals surface area (Å²) in [7, 11) is 1.60. The van der Waals surface area contributed by atoms with E-state index in [1.54, 1.807) is 12.0 Å². The lowest BCUT2D eigenvalue weighted by atomic mass is 10.1. The van der Waals surface area contributed by atoms with Crippen molar-refractivity contribution < 1.29 is 18.4 Å². The molecule has 1 saturated heterocycles. The van der Waals surface area contributed by atoms with Gasteiger partial charge in [0.15, 0.2) is 0 Å². The summed E-state index contributed by atoms with van der Waals surface area (Å²) >= 11 is 5.82. The number of hydrogen-bond acceptors (Lipinski definition) is 5. The van der Waals surface area contributed by atoms with Gasteiger partial charge in [0.1, 0.15) is 17.6 Å². The number of likely N-dealkylation sites (tertiary alicyclic amines) is 1. The fourth-order valence-corrected chi connectivity index (χ4v) is 3.47. The predicted octanol–water partition coefficient (Wildman–Crippen LogP) is 4.52. The lowest BCUT2D eigenvalue weighted by Crippen LogP contribution is -2.30. The molecule has 0 radical (unpaired) electrons. The van der Waals surface area contributed by atoms with Gasteiger partial charge in [0.25, 0.3) is 5.91 Å². The molecule has 0 saturated carbocycles. The maximum atomic E-state index is 13.4. The van der Waals surface area contributed by atoms with Gasteiger partial charge in [-0.25, -0.2) is 4.39 Å². The van der Waals surface area contributed by atoms with Crippen LogP contribution in [0.5, 0.6) is 5.75 Å². The van der Waals surface area contributed by atoms with Gasteiger partial charge in [-0.1, -0.05) is 16.8 Å². The first-order valence-corrected chi connectivity index (χ1v) is 9.18. The highest BCUT2D eigenvalue weighted by atomic mass is 35.5. The number of methoxy groups -OCH3 is 1. The third kappa shape index (κ3) is 3.45. The van der Waals surface area contributed by atoms with Crippen LogP contribution in [0.4, 0.5) is 4.39 Å². The van der Waals surface area contributed by atoms with Gasteiger partial charge in [-0.2, -0.15) is 4.98 Å². The van der Waals surface area contributed by atoms with Crippen molar-refractivity contribution in [2.45, 2.75) is 18.9 Å². The molecular weight excluding hydrogens is 385 g/mol. The second-order valence-electron chi connectivity index (χ2n) is 6.47. The number of carbonyl (C=O) groups excluding carboxylic acids is 1. The van der Waals surface area contributed by atoms with Gasteiger partial charge in [-0.15, -0.1) is 0 Å². The maximum Gasteiger partial charge on any atom is 0.254 e. The molecular formula is C20H17ClFN3O3. The molecule has 4 rings (SSSR count). The molecule has 2 aromatic carbocycles. The topological polar surface area (TPSA) is 68.5 Å². The molecule has 1 aliphatic rings. The highest BCUT2D eigenvalue weighted by molar-refractivity contribution is 6.31. The summed E-state index contributed by atoms with van der Waals surface area (Å²) < 4.78 is 24.0. The Kier molecular flexibility index (Phi) is 5.00. The molecule has 1 amide bonds. The van der Waals surface area contributed by atoms with Gasteiger partial charge in [-0.05, 0) is 55.3 Å². The molecule has 3 aromatic rings. The molecule has 1 aromatic heterocycles. The molecule has 0 N–H and O–H groups in total. The zero-order chi connectivity index (χ0) is 19.7. The molecule has 0 spiro atoms. The van der Waals surface area contributed by atoms with Crippen LogP contribution in [0.2, 0.25) is 5.02 Å². The number of halogens is 2. The first kappa shape index (κ1) is 18.4. The summed E-state index contributed by atoms with van der Waals surface area (Å²) in [6.45, 7) is 0.554. The number of benzene rings is 2. The highest BCUT2D eigenvalue weighted by Gasteiger charge is 2.34. The summed E-state index contributed by atoms with van der Waals surface area (Å²) in [6.07, 6.45) is 1.52. The van der Waals surface area contributed by atoms with E-state index < -0.39 is 5.82 Å². The number of hydrogen-bond donors (Lipinski definition) is 0. The Morgan fingerprint density at radius 2 is 2.07 bits per heavy atom. The quantitative estimate of drug-likeness (QED) is 0.643. The highest BCUT2D eigenvalue weighted by Crippen LogP contribution is 2.33. The Bertz CT molecular complexity index is 1010. The van der Waals surface area contributed by atoms with Gasteiger partial charge >= 0.3 is 0 Å². The largest absolute Gasteiger partial charge is 0.497 e. The van der Waals surface area contributed by atoms with Crippen LogP contribution >= 0.6 is 11.6 Å². The van der Waals surface area contributed by atoms with Crippen LogP contribution in [0.3, 0.4) is 0 Å². The van der Waals surface area contributed by atoms with E-state index in [1.165, 1.54) is 18.2 Å². The van der Waals surface area contributed by atoms with E-state index in [0.29, 0.717) is 30.2 Å². The van der Waals surface area contributed by atoms with Crippen LogP contribution in [-0.2, 0) is 0 Å². The molecule has 1 aliphatic heterocycles. The number of rotatable bonds is 4. The third-order valence-corrected chi connectivity index (χ3v) is 5.04. The van der Waals surface area contributed by atoms with Gasteiger partial charge < -0.3 is 14.2 Å².